The quantitative estimate of drug-likeness (QED) is 0.645. The highest BCUT2D eigenvalue weighted by Gasteiger charge is 1.96. The summed E-state index contributed by atoms with van der Waals surface area (Å²) in [6, 6.07) is 1.93. The first kappa shape index (κ1) is 13.7. The Morgan fingerprint density at radius 3 is 2.59 bits per heavy atom. The number of anilines is 2. The largest absolute Gasteiger partial charge is 0.385 e. The zero-order valence-electron chi connectivity index (χ0n) is 10.7. The number of nitrogens with one attached hydrogen (secondary N) is 2. The number of rotatable bonds is 9. The van der Waals surface area contributed by atoms with Gasteiger partial charge in [-0.15, -0.1) is 0 Å². The molecule has 0 radical (unpaired) electrons. The van der Waals surface area contributed by atoms with E-state index >= 15 is 0 Å². The summed E-state index contributed by atoms with van der Waals surface area (Å²) in [6.45, 7) is 4.70. The van der Waals surface area contributed by atoms with Crippen molar-refractivity contribution >= 4 is 11.6 Å². The highest BCUT2D eigenvalue weighted by atomic mass is 16.5. The maximum absolute atomic E-state index is 5.00. The molecule has 5 nitrogen and oxygen atoms in total. The van der Waals surface area contributed by atoms with E-state index in [4.69, 9.17) is 4.74 Å². The molecule has 17 heavy (non-hydrogen) atoms. The van der Waals surface area contributed by atoms with Crippen LogP contribution in [0.25, 0.3) is 0 Å². The van der Waals surface area contributed by atoms with E-state index in [1.165, 1.54) is 6.42 Å². The van der Waals surface area contributed by atoms with Crippen LogP contribution >= 0.6 is 0 Å². The molecule has 2 N–H and O–H groups in total. The lowest BCUT2D eigenvalue weighted by Gasteiger charge is -2.07. The van der Waals surface area contributed by atoms with Gasteiger partial charge in [0, 0.05) is 32.9 Å². The van der Waals surface area contributed by atoms with E-state index in [1.54, 1.807) is 13.4 Å². The zero-order valence-corrected chi connectivity index (χ0v) is 10.7. The van der Waals surface area contributed by atoms with Crippen LogP contribution in [-0.4, -0.2) is 36.8 Å². The molecule has 1 aromatic heterocycles. The minimum atomic E-state index is 0.845. The van der Waals surface area contributed by atoms with Crippen molar-refractivity contribution in [3.05, 3.63) is 12.4 Å². The van der Waals surface area contributed by atoms with Crippen molar-refractivity contribution < 1.29 is 4.74 Å². The van der Waals surface area contributed by atoms with Crippen LogP contribution in [0.15, 0.2) is 12.4 Å². The van der Waals surface area contributed by atoms with Crippen LogP contribution in [0.3, 0.4) is 0 Å². The Kier molecular flexibility index (Phi) is 7.06. The van der Waals surface area contributed by atoms with Gasteiger partial charge in [-0.05, 0) is 26.2 Å². The molecule has 1 rings (SSSR count). The van der Waals surface area contributed by atoms with Crippen LogP contribution in [0.4, 0.5) is 11.6 Å². The van der Waals surface area contributed by atoms with Crippen LogP contribution in [0.1, 0.15) is 26.2 Å². The lowest BCUT2D eigenvalue weighted by atomic mass is 10.2. The fourth-order valence-electron chi connectivity index (χ4n) is 1.50. The van der Waals surface area contributed by atoms with Gasteiger partial charge in [-0.2, -0.15) is 0 Å². The number of hydrogen-bond acceptors (Lipinski definition) is 5. The average Bonchev–Trinajstić information content (AvgIpc) is 2.35. The summed E-state index contributed by atoms with van der Waals surface area (Å²) in [6.07, 6.45) is 4.99. The first-order chi connectivity index (χ1) is 8.36. The number of aromatic nitrogens is 2. The normalized spacial score (nSPS) is 10.2. The van der Waals surface area contributed by atoms with Gasteiger partial charge in [-0.1, -0.05) is 0 Å². The molecule has 0 saturated heterocycles. The fourth-order valence-corrected chi connectivity index (χ4v) is 1.50. The smallest absolute Gasteiger partial charge is 0.131 e. The van der Waals surface area contributed by atoms with E-state index < -0.39 is 0 Å². The van der Waals surface area contributed by atoms with Crippen molar-refractivity contribution in [1.82, 2.24) is 9.97 Å². The number of unbranched alkanes of at least 4 members (excludes halogenated alkanes) is 2. The Hall–Kier alpha value is -1.36. The Balaban J connectivity index is 2.19. The van der Waals surface area contributed by atoms with Gasteiger partial charge < -0.3 is 15.4 Å². The Morgan fingerprint density at radius 2 is 1.88 bits per heavy atom. The molecule has 0 saturated carbocycles. The summed E-state index contributed by atoms with van der Waals surface area (Å²) >= 11 is 0. The molecule has 0 aliphatic carbocycles. The molecule has 0 aliphatic rings. The van der Waals surface area contributed by atoms with E-state index in [2.05, 4.69) is 20.6 Å². The average molecular weight is 238 g/mol. The van der Waals surface area contributed by atoms with E-state index in [0.717, 1.165) is 44.2 Å². The second-order valence-electron chi connectivity index (χ2n) is 3.80. The molecule has 5 heteroatoms. The van der Waals surface area contributed by atoms with Crippen molar-refractivity contribution in [1.29, 1.82) is 0 Å². The van der Waals surface area contributed by atoms with E-state index in [-0.39, 0.29) is 0 Å². The van der Waals surface area contributed by atoms with E-state index in [0.29, 0.717) is 0 Å². The number of hydrogen-bond donors (Lipinski definition) is 2. The van der Waals surface area contributed by atoms with Gasteiger partial charge in [-0.3, -0.25) is 0 Å². The molecule has 0 unspecified atom stereocenters. The molecule has 0 bridgehead atoms. The highest BCUT2D eigenvalue weighted by molar-refractivity contribution is 5.46. The molecule has 1 aromatic rings. The van der Waals surface area contributed by atoms with Crippen LogP contribution < -0.4 is 10.6 Å². The van der Waals surface area contributed by atoms with Gasteiger partial charge in [0.25, 0.3) is 0 Å². The predicted molar refractivity (Wildman–Crippen MR) is 70.4 cm³/mol. The van der Waals surface area contributed by atoms with Gasteiger partial charge in [0.1, 0.15) is 18.0 Å². The standard InChI is InChI=1S/C12H22N4O/c1-3-13-11-9-12(16-10-15-11)14-7-5-4-6-8-17-2/h9-10H,3-8H2,1-2H3,(H2,13,14,15,16). The van der Waals surface area contributed by atoms with Crippen LogP contribution in [-0.2, 0) is 4.74 Å². The summed E-state index contributed by atoms with van der Waals surface area (Å²) in [4.78, 5) is 8.29. The third kappa shape index (κ3) is 6.06. The van der Waals surface area contributed by atoms with Gasteiger partial charge in [0.05, 0.1) is 0 Å². The first-order valence-corrected chi connectivity index (χ1v) is 6.15. The SMILES string of the molecule is CCNc1cc(NCCCCCOC)ncn1. The van der Waals surface area contributed by atoms with Crippen molar-refractivity contribution in [3.63, 3.8) is 0 Å². The molecule has 0 atom stereocenters. The summed E-state index contributed by atoms with van der Waals surface area (Å²) in [7, 11) is 1.74. The minimum Gasteiger partial charge on any atom is -0.385 e. The van der Waals surface area contributed by atoms with E-state index in [9.17, 15) is 0 Å². The lowest BCUT2D eigenvalue weighted by molar-refractivity contribution is 0.192. The Labute approximate surface area is 103 Å². The maximum Gasteiger partial charge on any atom is 0.131 e. The van der Waals surface area contributed by atoms with Gasteiger partial charge in [0.15, 0.2) is 0 Å². The monoisotopic (exact) mass is 238 g/mol. The van der Waals surface area contributed by atoms with Gasteiger partial charge in [-0.25, -0.2) is 9.97 Å². The molecule has 0 fully saturated rings. The molecule has 0 aromatic carbocycles. The summed E-state index contributed by atoms with van der Waals surface area (Å²) in [5.74, 6) is 1.74. The lowest BCUT2D eigenvalue weighted by Crippen LogP contribution is -2.06. The molecule has 1 heterocycles. The second kappa shape index (κ2) is 8.75. The minimum absolute atomic E-state index is 0.845. The Morgan fingerprint density at radius 1 is 1.12 bits per heavy atom. The van der Waals surface area contributed by atoms with Crippen LogP contribution in [0, 0.1) is 0 Å². The third-order valence-electron chi connectivity index (χ3n) is 2.36. The molecular weight excluding hydrogens is 216 g/mol. The molecule has 96 valence electrons. The molecule has 0 spiro atoms. The topological polar surface area (TPSA) is 59.1 Å². The van der Waals surface area contributed by atoms with Crippen molar-refractivity contribution in [2.24, 2.45) is 0 Å². The predicted octanol–water partition coefficient (Wildman–Crippen LogP) is 2.14. The number of ether oxygens (including phenoxy) is 1. The maximum atomic E-state index is 5.00. The van der Waals surface area contributed by atoms with Crippen molar-refractivity contribution in [2.75, 3.05) is 37.4 Å². The van der Waals surface area contributed by atoms with Crippen molar-refractivity contribution in [3.8, 4) is 0 Å². The summed E-state index contributed by atoms with van der Waals surface area (Å²) < 4.78 is 5.00. The molecule has 0 aliphatic heterocycles. The Bertz CT molecular complexity index is 306. The zero-order chi connectivity index (χ0) is 12.3. The van der Waals surface area contributed by atoms with E-state index in [1.807, 2.05) is 13.0 Å². The number of nitrogens with zero attached hydrogens (tertiary/aromatic N) is 2. The van der Waals surface area contributed by atoms with Gasteiger partial charge >= 0.3 is 0 Å². The van der Waals surface area contributed by atoms with Crippen LogP contribution in [0.2, 0.25) is 0 Å². The first-order valence-electron chi connectivity index (χ1n) is 6.15. The van der Waals surface area contributed by atoms with Crippen LogP contribution in [0.5, 0.6) is 0 Å². The second-order valence-corrected chi connectivity index (χ2v) is 3.80. The van der Waals surface area contributed by atoms with Crippen molar-refractivity contribution in [2.45, 2.75) is 26.2 Å². The fraction of sp³-hybridized carbons (Fsp3) is 0.667. The number of methoxy groups -OCH3 is 1. The molecular formula is C12H22N4O. The highest BCUT2D eigenvalue weighted by Crippen LogP contribution is 2.08. The third-order valence-corrected chi connectivity index (χ3v) is 2.36. The molecule has 0 amide bonds. The van der Waals surface area contributed by atoms with Gasteiger partial charge in [0.2, 0.25) is 0 Å². The summed E-state index contributed by atoms with van der Waals surface area (Å²) in [5.41, 5.74) is 0. The summed E-state index contributed by atoms with van der Waals surface area (Å²) in [5, 5.41) is 6.45.